The molecule has 0 aliphatic carbocycles. The van der Waals surface area contributed by atoms with E-state index in [0.717, 1.165) is 27.1 Å². The highest BCUT2D eigenvalue weighted by molar-refractivity contribution is 5.93. The number of aromatic hydroxyl groups is 1. The lowest BCUT2D eigenvalue weighted by atomic mass is 9.93. The molecule has 1 aromatic heterocycles. The van der Waals surface area contributed by atoms with Crippen molar-refractivity contribution in [3.8, 4) is 5.75 Å². The van der Waals surface area contributed by atoms with Gasteiger partial charge in [0, 0.05) is 43.0 Å². The van der Waals surface area contributed by atoms with E-state index in [0.29, 0.717) is 13.1 Å². The molecule has 6 nitrogen and oxygen atoms in total. The number of nitrogens with one attached hydrogen (secondary N) is 1. The minimum absolute atomic E-state index is 0.128. The summed E-state index contributed by atoms with van der Waals surface area (Å²) in [6, 6.07) is 4.94. The fourth-order valence-corrected chi connectivity index (χ4v) is 3.11. The molecule has 2 aromatic rings. The van der Waals surface area contributed by atoms with E-state index in [1.807, 2.05) is 13.0 Å². The van der Waals surface area contributed by atoms with Gasteiger partial charge in [0.05, 0.1) is 6.54 Å². The molecule has 0 bridgehead atoms. The van der Waals surface area contributed by atoms with Gasteiger partial charge in [-0.3, -0.25) is 9.69 Å². The highest BCUT2D eigenvalue weighted by atomic mass is 16.3. The molecule has 116 valence electrons. The highest BCUT2D eigenvalue weighted by Gasteiger charge is 2.31. The van der Waals surface area contributed by atoms with Crippen molar-refractivity contribution in [3.63, 3.8) is 0 Å². The van der Waals surface area contributed by atoms with Crippen molar-refractivity contribution in [2.45, 2.75) is 26.3 Å². The van der Waals surface area contributed by atoms with Crippen LogP contribution in [0.5, 0.6) is 5.75 Å². The number of fused-ring (bicyclic) bond motifs is 3. The molecule has 3 amide bonds. The van der Waals surface area contributed by atoms with Crippen LogP contribution in [0.2, 0.25) is 0 Å². The number of imide groups is 1. The monoisotopic (exact) mass is 301 g/mol. The van der Waals surface area contributed by atoms with Crippen molar-refractivity contribution < 1.29 is 14.7 Å². The van der Waals surface area contributed by atoms with Crippen molar-refractivity contribution in [2.24, 2.45) is 0 Å². The Hall–Kier alpha value is -2.50. The number of nitrogens with zero attached hydrogens (tertiary/aromatic N) is 2. The summed E-state index contributed by atoms with van der Waals surface area (Å²) in [5, 5.41) is 10.7. The van der Waals surface area contributed by atoms with E-state index in [-0.39, 0.29) is 23.6 Å². The molecule has 0 saturated carbocycles. The minimum Gasteiger partial charge on any atom is -0.508 e. The fourth-order valence-electron chi connectivity index (χ4n) is 3.11. The van der Waals surface area contributed by atoms with Gasteiger partial charge in [0.25, 0.3) is 0 Å². The van der Waals surface area contributed by atoms with Gasteiger partial charge in [-0.2, -0.15) is 0 Å². The van der Waals surface area contributed by atoms with Crippen molar-refractivity contribution in [2.75, 3.05) is 13.6 Å². The Bertz CT molecular complexity index is 765. The maximum atomic E-state index is 12.3. The molecule has 1 aliphatic heterocycles. The zero-order valence-corrected chi connectivity index (χ0v) is 12.9. The smallest absolute Gasteiger partial charge is 0.326 e. The molecule has 0 spiro atoms. The maximum absolute atomic E-state index is 12.3. The molecule has 1 aromatic carbocycles. The number of carbonyl (C=O) groups is 2. The number of phenolic OH excluding ortho intramolecular Hbond substituents is 1. The van der Waals surface area contributed by atoms with Crippen LogP contribution in [-0.2, 0) is 11.3 Å². The summed E-state index contributed by atoms with van der Waals surface area (Å²) in [7, 11) is 1.49. The Labute approximate surface area is 128 Å². The van der Waals surface area contributed by atoms with Gasteiger partial charge in [-0.1, -0.05) is 6.92 Å². The third kappa shape index (κ3) is 2.20. The lowest BCUT2D eigenvalue weighted by Gasteiger charge is -2.33. The Balaban J connectivity index is 1.98. The number of urea groups is 1. The van der Waals surface area contributed by atoms with Crippen LogP contribution in [0.3, 0.4) is 0 Å². The first-order valence-electron chi connectivity index (χ1n) is 7.25. The number of hydrogen-bond donors (Lipinski definition) is 2. The van der Waals surface area contributed by atoms with E-state index < -0.39 is 0 Å². The van der Waals surface area contributed by atoms with Gasteiger partial charge in [-0.05, 0) is 23.8 Å². The number of phenols is 1. The van der Waals surface area contributed by atoms with Gasteiger partial charge >= 0.3 is 6.03 Å². The second-order valence-electron chi connectivity index (χ2n) is 5.89. The van der Waals surface area contributed by atoms with Gasteiger partial charge in [0.2, 0.25) is 5.91 Å². The lowest BCUT2D eigenvalue weighted by Crippen LogP contribution is -2.46. The summed E-state index contributed by atoms with van der Waals surface area (Å²) < 4.78 is 0. The molecule has 2 heterocycles. The quantitative estimate of drug-likeness (QED) is 0.784. The third-order valence-electron chi connectivity index (χ3n) is 4.27. The van der Waals surface area contributed by atoms with E-state index >= 15 is 0 Å². The van der Waals surface area contributed by atoms with Crippen LogP contribution in [0.1, 0.15) is 31.0 Å². The number of benzene rings is 1. The van der Waals surface area contributed by atoms with E-state index in [2.05, 4.69) is 4.98 Å². The van der Waals surface area contributed by atoms with Crippen LogP contribution in [0.15, 0.2) is 18.2 Å². The average molecular weight is 301 g/mol. The number of hydrogen-bond acceptors (Lipinski definition) is 3. The highest BCUT2D eigenvalue weighted by Crippen LogP contribution is 2.36. The maximum Gasteiger partial charge on any atom is 0.326 e. The van der Waals surface area contributed by atoms with E-state index in [1.165, 1.54) is 14.0 Å². The molecule has 0 saturated heterocycles. The van der Waals surface area contributed by atoms with Crippen LogP contribution >= 0.6 is 0 Å². The van der Waals surface area contributed by atoms with E-state index in [9.17, 15) is 14.7 Å². The standard InChI is InChI=1S/C16H19N3O3/c1-9-7-19(16(22)18(3)10(2)20)8-14-15(9)12-6-11(21)4-5-13(12)17-14/h4-6,9,17,21H,7-8H2,1-3H3. The first-order valence-corrected chi connectivity index (χ1v) is 7.25. The first-order chi connectivity index (χ1) is 10.4. The Morgan fingerprint density at radius 1 is 1.41 bits per heavy atom. The topological polar surface area (TPSA) is 76.6 Å². The summed E-state index contributed by atoms with van der Waals surface area (Å²) in [5.74, 6) is 0.0879. The minimum atomic E-state index is -0.286. The Kier molecular flexibility index (Phi) is 3.31. The lowest BCUT2D eigenvalue weighted by molar-refractivity contribution is -0.125. The molecule has 0 fully saturated rings. The van der Waals surface area contributed by atoms with Gasteiger partial charge in [-0.15, -0.1) is 0 Å². The summed E-state index contributed by atoms with van der Waals surface area (Å²) in [5.41, 5.74) is 3.05. The van der Waals surface area contributed by atoms with Crippen LogP contribution in [-0.4, -0.2) is 45.4 Å². The van der Waals surface area contributed by atoms with Crippen molar-refractivity contribution >= 4 is 22.8 Å². The zero-order chi connectivity index (χ0) is 16.0. The summed E-state index contributed by atoms with van der Waals surface area (Å²) in [6.45, 7) is 4.41. The summed E-state index contributed by atoms with van der Waals surface area (Å²) in [6.07, 6.45) is 0. The number of aromatic nitrogens is 1. The average Bonchev–Trinajstić information content (AvgIpc) is 2.83. The van der Waals surface area contributed by atoms with Crippen LogP contribution in [0.25, 0.3) is 10.9 Å². The molecule has 2 N–H and O–H groups in total. The molecule has 6 heteroatoms. The third-order valence-corrected chi connectivity index (χ3v) is 4.27. The van der Waals surface area contributed by atoms with Gasteiger partial charge in [0.15, 0.2) is 0 Å². The Morgan fingerprint density at radius 2 is 2.14 bits per heavy atom. The van der Waals surface area contributed by atoms with Crippen molar-refractivity contribution in [1.29, 1.82) is 0 Å². The normalized spacial score (nSPS) is 17.4. The van der Waals surface area contributed by atoms with Gasteiger partial charge in [-0.25, -0.2) is 4.79 Å². The number of carbonyl (C=O) groups excluding carboxylic acids is 2. The molecule has 22 heavy (non-hydrogen) atoms. The predicted octanol–water partition coefficient (Wildman–Crippen LogP) is 2.39. The number of amides is 3. The molecular weight excluding hydrogens is 282 g/mol. The molecule has 1 unspecified atom stereocenters. The largest absolute Gasteiger partial charge is 0.508 e. The predicted molar refractivity (Wildman–Crippen MR) is 82.6 cm³/mol. The molecule has 0 radical (unpaired) electrons. The van der Waals surface area contributed by atoms with E-state index in [4.69, 9.17) is 0 Å². The zero-order valence-electron chi connectivity index (χ0n) is 12.9. The van der Waals surface area contributed by atoms with Crippen LogP contribution in [0, 0.1) is 0 Å². The molecule has 3 rings (SSSR count). The molecule has 1 atom stereocenters. The van der Waals surface area contributed by atoms with Crippen LogP contribution < -0.4 is 0 Å². The van der Waals surface area contributed by atoms with Crippen molar-refractivity contribution in [1.82, 2.24) is 14.8 Å². The van der Waals surface area contributed by atoms with E-state index in [1.54, 1.807) is 17.0 Å². The first kappa shape index (κ1) is 14.4. The van der Waals surface area contributed by atoms with Gasteiger partial charge in [0.1, 0.15) is 5.75 Å². The Morgan fingerprint density at radius 3 is 2.82 bits per heavy atom. The second-order valence-corrected chi connectivity index (χ2v) is 5.89. The second kappa shape index (κ2) is 5.05. The fraction of sp³-hybridized carbons (Fsp3) is 0.375. The number of rotatable bonds is 0. The summed E-state index contributed by atoms with van der Waals surface area (Å²) in [4.78, 5) is 29.8. The molecular formula is C16H19N3O3. The number of aromatic amines is 1. The molecule has 1 aliphatic rings. The van der Waals surface area contributed by atoms with Crippen molar-refractivity contribution in [3.05, 3.63) is 29.5 Å². The van der Waals surface area contributed by atoms with Gasteiger partial charge < -0.3 is 15.0 Å². The SMILES string of the molecule is CC(=O)N(C)C(=O)N1Cc2[nH]c3ccc(O)cc3c2C(C)C1. The summed E-state index contributed by atoms with van der Waals surface area (Å²) >= 11 is 0. The van der Waals surface area contributed by atoms with Crippen LogP contribution in [0.4, 0.5) is 4.79 Å². The number of H-pyrrole nitrogens is 1.